The van der Waals surface area contributed by atoms with Crippen LogP contribution in [0.1, 0.15) is 33.3 Å². The zero-order valence-corrected chi connectivity index (χ0v) is 13.2. The Morgan fingerprint density at radius 1 is 1.24 bits per heavy atom. The van der Waals surface area contributed by atoms with Gasteiger partial charge in [0.25, 0.3) is 5.91 Å². The van der Waals surface area contributed by atoms with Gasteiger partial charge in [0.05, 0.1) is 5.56 Å². The minimum absolute atomic E-state index is 0.0679. The first kappa shape index (κ1) is 17.0. The summed E-state index contributed by atoms with van der Waals surface area (Å²) in [5, 5.41) is 11.9. The van der Waals surface area contributed by atoms with Crippen molar-refractivity contribution >= 4 is 5.91 Å². The maximum atomic E-state index is 11.8. The molecule has 0 aliphatic heterocycles. The largest absolute Gasteiger partial charge is 0.482 e. The number of amides is 1. The summed E-state index contributed by atoms with van der Waals surface area (Å²) in [4.78, 5) is 11.8. The van der Waals surface area contributed by atoms with Crippen LogP contribution in [0.25, 0.3) is 0 Å². The van der Waals surface area contributed by atoms with Gasteiger partial charge in [-0.2, -0.15) is 5.26 Å². The van der Waals surface area contributed by atoms with Crippen LogP contribution in [0.2, 0.25) is 0 Å². The molecule has 0 saturated carbocycles. The number of para-hydroxylation sites is 1. The minimum Gasteiger partial charge on any atom is -0.482 e. The topological polar surface area (TPSA) is 62.1 Å². The van der Waals surface area contributed by atoms with Crippen LogP contribution in [-0.4, -0.2) is 19.1 Å². The van der Waals surface area contributed by atoms with Crippen molar-refractivity contribution in [2.24, 2.45) is 17.8 Å². The molecule has 1 aromatic carbocycles. The molecule has 0 aliphatic carbocycles. The summed E-state index contributed by atoms with van der Waals surface area (Å²) in [7, 11) is 0. The molecular formula is C17H24N2O2. The third kappa shape index (κ3) is 5.47. The van der Waals surface area contributed by atoms with Gasteiger partial charge in [0.1, 0.15) is 11.8 Å². The molecule has 4 nitrogen and oxygen atoms in total. The number of nitrogens with one attached hydrogen (secondary N) is 1. The Morgan fingerprint density at radius 2 is 1.86 bits per heavy atom. The maximum Gasteiger partial charge on any atom is 0.257 e. The summed E-state index contributed by atoms with van der Waals surface area (Å²) in [5.74, 6) is 1.77. The number of rotatable bonds is 7. The first-order chi connectivity index (χ1) is 9.95. The van der Waals surface area contributed by atoms with Gasteiger partial charge in [-0.1, -0.05) is 39.8 Å². The lowest BCUT2D eigenvalue weighted by molar-refractivity contribution is -0.123. The zero-order valence-electron chi connectivity index (χ0n) is 13.2. The van der Waals surface area contributed by atoms with Crippen LogP contribution in [0.4, 0.5) is 0 Å². The second kappa shape index (κ2) is 8.31. The molecule has 0 heterocycles. The Bertz CT molecular complexity index is 496. The van der Waals surface area contributed by atoms with E-state index in [0.717, 1.165) is 0 Å². The molecule has 0 saturated heterocycles. The highest BCUT2D eigenvalue weighted by Gasteiger charge is 2.18. The van der Waals surface area contributed by atoms with Crippen LogP contribution in [0.15, 0.2) is 24.3 Å². The number of carbonyl (C=O) groups is 1. The molecule has 0 radical (unpaired) electrons. The van der Waals surface area contributed by atoms with E-state index in [-0.39, 0.29) is 12.5 Å². The van der Waals surface area contributed by atoms with Gasteiger partial charge < -0.3 is 10.1 Å². The Labute approximate surface area is 127 Å². The SMILES string of the molecule is CC(C)C(CNC(=O)COc1ccccc1C#N)C(C)C. The Kier molecular flexibility index (Phi) is 6.74. The number of ether oxygens (including phenoxy) is 1. The number of nitriles is 1. The lowest BCUT2D eigenvalue weighted by atomic mass is 9.85. The van der Waals surface area contributed by atoms with E-state index < -0.39 is 0 Å². The van der Waals surface area contributed by atoms with Crippen molar-refractivity contribution in [1.82, 2.24) is 5.32 Å². The van der Waals surface area contributed by atoms with Crippen molar-refractivity contribution in [3.8, 4) is 11.8 Å². The fraction of sp³-hybridized carbons (Fsp3) is 0.529. The molecule has 1 rings (SSSR count). The predicted octanol–water partition coefficient (Wildman–Crippen LogP) is 2.98. The number of hydrogen-bond donors (Lipinski definition) is 1. The second-order valence-electron chi connectivity index (χ2n) is 5.85. The van der Waals surface area contributed by atoms with E-state index in [1.165, 1.54) is 0 Å². The first-order valence-electron chi connectivity index (χ1n) is 7.34. The quantitative estimate of drug-likeness (QED) is 0.839. The summed E-state index contributed by atoms with van der Waals surface area (Å²) in [6.07, 6.45) is 0. The number of benzene rings is 1. The van der Waals surface area contributed by atoms with Gasteiger partial charge in [-0.3, -0.25) is 4.79 Å². The van der Waals surface area contributed by atoms with Gasteiger partial charge in [0.2, 0.25) is 0 Å². The number of carbonyl (C=O) groups excluding carboxylic acids is 1. The molecule has 4 heteroatoms. The Morgan fingerprint density at radius 3 is 2.43 bits per heavy atom. The number of hydrogen-bond acceptors (Lipinski definition) is 3. The van der Waals surface area contributed by atoms with Crippen molar-refractivity contribution in [2.45, 2.75) is 27.7 Å². The van der Waals surface area contributed by atoms with E-state index in [1.54, 1.807) is 24.3 Å². The highest BCUT2D eigenvalue weighted by atomic mass is 16.5. The molecule has 1 amide bonds. The molecule has 0 aliphatic rings. The maximum absolute atomic E-state index is 11.8. The van der Waals surface area contributed by atoms with E-state index in [2.05, 4.69) is 33.0 Å². The summed E-state index contributed by atoms with van der Waals surface area (Å²) in [6.45, 7) is 9.24. The van der Waals surface area contributed by atoms with Crippen LogP contribution in [-0.2, 0) is 4.79 Å². The molecule has 21 heavy (non-hydrogen) atoms. The van der Waals surface area contributed by atoms with Gasteiger partial charge in [-0.25, -0.2) is 0 Å². The molecule has 1 N–H and O–H groups in total. The van der Waals surface area contributed by atoms with Gasteiger partial charge in [0, 0.05) is 6.54 Å². The van der Waals surface area contributed by atoms with Crippen molar-refractivity contribution in [3.05, 3.63) is 29.8 Å². The fourth-order valence-corrected chi connectivity index (χ4v) is 2.35. The number of nitrogens with zero attached hydrogens (tertiary/aromatic N) is 1. The van der Waals surface area contributed by atoms with E-state index in [0.29, 0.717) is 35.6 Å². The first-order valence-corrected chi connectivity index (χ1v) is 7.34. The normalized spacial score (nSPS) is 10.8. The third-order valence-electron chi connectivity index (χ3n) is 3.61. The average molecular weight is 288 g/mol. The smallest absolute Gasteiger partial charge is 0.257 e. The van der Waals surface area contributed by atoms with Crippen molar-refractivity contribution in [1.29, 1.82) is 5.26 Å². The van der Waals surface area contributed by atoms with Crippen molar-refractivity contribution in [3.63, 3.8) is 0 Å². The monoisotopic (exact) mass is 288 g/mol. The molecule has 0 bridgehead atoms. The highest BCUT2D eigenvalue weighted by Crippen LogP contribution is 2.19. The van der Waals surface area contributed by atoms with Crippen LogP contribution in [0.5, 0.6) is 5.75 Å². The average Bonchev–Trinajstić information content (AvgIpc) is 2.44. The highest BCUT2D eigenvalue weighted by molar-refractivity contribution is 5.77. The second-order valence-corrected chi connectivity index (χ2v) is 5.85. The molecule has 0 spiro atoms. The molecule has 1 aromatic rings. The standard InChI is InChI=1S/C17H24N2O2/c1-12(2)15(13(3)4)10-19-17(20)11-21-16-8-6-5-7-14(16)9-18/h5-8,12-13,15H,10-11H2,1-4H3,(H,19,20). The van der Waals surface area contributed by atoms with Crippen molar-refractivity contribution < 1.29 is 9.53 Å². The summed E-state index contributed by atoms with van der Waals surface area (Å²) in [6, 6.07) is 8.95. The van der Waals surface area contributed by atoms with Gasteiger partial charge >= 0.3 is 0 Å². The molecule has 0 fully saturated rings. The van der Waals surface area contributed by atoms with Crippen molar-refractivity contribution in [2.75, 3.05) is 13.2 Å². The third-order valence-corrected chi connectivity index (χ3v) is 3.61. The predicted molar refractivity (Wildman–Crippen MR) is 82.8 cm³/mol. The molecule has 0 unspecified atom stereocenters. The summed E-state index contributed by atoms with van der Waals surface area (Å²) in [5.41, 5.74) is 0.438. The Balaban J connectivity index is 2.46. The zero-order chi connectivity index (χ0) is 15.8. The fourth-order valence-electron chi connectivity index (χ4n) is 2.35. The van der Waals surface area contributed by atoms with E-state index >= 15 is 0 Å². The summed E-state index contributed by atoms with van der Waals surface area (Å²) < 4.78 is 5.41. The molecule has 0 aromatic heterocycles. The van der Waals surface area contributed by atoms with Gasteiger partial charge in [0.15, 0.2) is 6.61 Å². The summed E-state index contributed by atoms with van der Waals surface area (Å²) >= 11 is 0. The minimum atomic E-state index is -0.158. The molecule has 114 valence electrons. The van der Waals surface area contributed by atoms with Gasteiger partial charge in [-0.15, -0.1) is 0 Å². The van der Waals surface area contributed by atoms with Crippen LogP contribution >= 0.6 is 0 Å². The Hall–Kier alpha value is -2.02. The van der Waals surface area contributed by atoms with Crippen LogP contribution < -0.4 is 10.1 Å². The molecular weight excluding hydrogens is 264 g/mol. The lowest BCUT2D eigenvalue weighted by Gasteiger charge is -2.25. The van der Waals surface area contributed by atoms with Gasteiger partial charge in [-0.05, 0) is 29.9 Å². The van der Waals surface area contributed by atoms with Crippen LogP contribution in [0.3, 0.4) is 0 Å². The van der Waals surface area contributed by atoms with Crippen LogP contribution in [0, 0.1) is 29.1 Å². The molecule has 0 atom stereocenters. The lowest BCUT2D eigenvalue weighted by Crippen LogP contribution is -2.36. The van der Waals surface area contributed by atoms with E-state index in [9.17, 15) is 4.79 Å². The van der Waals surface area contributed by atoms with E-state index in [4.69, 9.17) is 10.00 Å². The van der Waals surface area contributed by atoms with E-state index in [1.807, 2.05) is 6.07 Å².